The third kappa shape index (κ3) is 3.70. The molecule has 1 unspecified atom stereocenters. The predicted octanol–water partition coefficient (Wildman–Crippen LogP) is 4.10. The summed E-state index contributed by atoms with van der Waals surface area (Å²) in [5.41, 5.74) is -1.80. The lowest BCUT2D eigenvalue weighted by molar-refractivity contribution is -0.385. The van der Waals surface area contributed by atoms with Crippen molar-refractivity contribution in [3.8, 4) is 0 Å². The number of amides is 1. The molecule has 3 aromatic rings. The molecule has 0 bridgehead atoms. The smallest absolute Gasteiger partial charge is 0.282 e. The second-order valence-corrected chi connectivity index (χ2v) is 7.54. The molecule has 1 amide bonds. The highest BCUT2D eigenvalue weighted by atomic mass is 35.5. The fraction of sp³-hybridized carbons (Fsp3) is 0.167. The number of halogens is 1. The second kappa shape index (κ2) is 7.03. The topological polar surface area (TPSA) is 92.5 Å². The van der Waals surface area contributed by atoms with Crippen molar-refractivity contribution in [1.29, 1.82) is 0 Å². The van der Waals surface area contributed by atoms with E-state index in [1.54, 1.807) is 6.92 Å². The predicted molar refractivity (Wildman–Crippen MR) is 102 cm³/mol. The number of benzene rings is 2. The van der Waals surface area contributed by atoms with Crippen molar-refractivity contribution >= 4 is 44.6 Å². The molecule has 1 atom stereocenters. The van der Waals surface area contributed by atoms with Crippen LogP contribution in [0.5, 0.6) is 0 Å². The standard InChI is InChI=1S/C18H15ClN2O4S/c1-18(23,16-8-11-4-2-3-5-15(11)26-16)10-20-17(22)13-9-12(19)6-7-14(13)21(24)25/h2-9,23H,10H2,1H3,(H,20,22). The monoisotopic (exact) mass is 390 g/mol. The van der Waals surface area contributed by atoms with E-state index in [2.05, 4.69) is 5.32 Å². The van der Waals surface area contributed by atoms with Crippen molar-refractivity contribution in [2.75, 3.05) is 6.54 Å². The number of carbonyl (C=O) groups is 1. The summed E-state index contributed by atoms with van der Waals surface area (Å²) in [6.45, 7) is 1.49. The van der Waals surface area contributed by atoms with Gasteiger partial charge in [-0.05, 0) is 36.6 Å². The van der Waals surface area contributed by atoms with Crippen molar-refractivity contribution in [2.24, 2.45) is 0 Å². The van der Waals surface area contributed by atoms with Gasteiger partial charge in [0.2, 0.25) is 0 Å². The van der Waals surface area contributed by atoms with Crippen molar-refractivity contribution in [3.63, 3.8) is 0 Å². The largest absolute Gasteiger partial charge is 0.383 e. The van der Waals surface area contributed by atoms with Gasteiger partial charge in [-0.15, -0.1) is 11.3 Å². The molecule has 8 heteroatoms. The van der Waals surface area contributed by atoms with E-state index in [1.165, 1.54) is 29.5 Å². The third-order valence-corrected chi connectivity index (χ3v) is 5.55. The number of hydrogen-bond acceptors (Lipinski definition) is 5. The molecule has 0 spiro atoms. The van der Waals surface area contributed by atoms with E-state index in [9.17, 15) is 20.0 Å². The summed E-state index contributed by atoms with van der Waals surface area (Å²) < 4.78 is 1.03. The molecule has 3 rings (SSSR count). The van der Waals surface area contributed by atoms with Gasteiger partial charge in [0.15, 0.2) is 0 Å². The van der Waals surface area contributed by atoms with Gasteiger partial charge in [-0.25, -0.2) is 0 Å². The Hall–Kier alpha value is -2.48. The maximum atomic E-state index is 12.4. The number of aliphatic hydroxyl groups is 1. The van der Waals surface area contributed by atoms with Gasteiger partial charge >= 0.3 is 0 Å². The Morgan fingerprint density at radius 2 is 2.04 bits per heavy atom. The van der Waals surface area contributed by atoms with Crippen LogP contribution in [0.4, 0.5) is 5.69 Å². The molecule has 0 aliphatic rings. The number of nitro groups is 1. The van der Waals surface area contributed by atoms with E-state index >= 15 is 0 Å². The van der Waals surface area contributed by atoms with Crippen LogP contribution in [0.1, 0.15) is 22.2 Å². The summed E-state index contributed by atoms with van der Waals surface area (Å²) in [5.74, 6) is -0.666. The van der Waals surface area contributed by atoms with Crippen LogP contribution in [0.25, 0.3) is 10.1 Å². The summed E-state index contributed by atoms with van der Waals surface area (Å²) in [6, 6.07) is 13.4. The Morgan fingerprint density at radius 3 is 2.73 bits per heavy atom. The first kappa shape index (κ1) is 18.3. The number of thiophene rings is 1. The minimum absolute atomic E-state index is 0.0949. The van der Waals surface area contributed by atoms with Gasteiger partial charge in [-0.3, -0.25) is 14.9 Å². The van der Waals surface area contributed by atoms with Crippen molar-refractivity contribution in [2.45, 2.75) is 12.5 Å². The van der Waals surface area contributed by atoms with Gasteiger partial charge in [-0.1, -0.05) is 29.8 Å². The van der Waals surface area contributed by atoms with Gasteiger partial charge in [0.05, 0.1) is 11.5 Å². The van der Waals surface area contributed by atoms with Crippen LogP contribution in [0, 0.1) is 10.1 Å². The second-order valence-electron chi connectivity index (χ2n) is 6.02. The Balaban J connectivity index is 1.80. The minimum Gasteiger partial charge on any atom is -0.383 e. The normalized spacial score (nSPS) is 13.3. The summed E-state index contributed by atoms with van der Waals surface area (Å²) in [7, 11) is 0. The van der Waals surface area contributed by atoms with Crippen molar-refractivity contribution in [3.05, 3.63) is 74.1 Å². The molecule has 134 valence electrons. The van der Waals surface area contributed by atoms with Gasteiger partial charge in [-0.2, -0.15) is 0 Å². The maximum absolute atomic E-state index is 12.4. The number of fused-ring (bicyclic) bond motifs is 1. The number of carbonyl (C=O) groups excluding carboxylic acids is 1. The SMILES string of the molecule is CC(O)(CNC(=O)c1cc(Cl)ccc1[N+](=O)[O-])c1cc2ccccc2s1. The van der Waals surface area contributed by atoms with Crippen LogP contribution in [-0.4, -0.2) is 22.5 Å². The van der Waals surface area contributed by atoms with Crippen LogP contribution in [0.3, 0.4) is 0 Å². The Kier molecular flexibility index (Phi) is 4.95. The number of nitrogens with one attached hydrogen (secondary N) is 1. The molecule has 26 heavy (non-hydrogen) atoms. The maximum Gasteiger partial charge on any atom is 0.282 e. The molecule has 2 N–H and O–H groups in total. The van der Waals surface area contributed by atoms with Crippen LogP contribution in [0.2, 0.25) is 5.02 Å². The highest BCUT2D eigenvalue weighted by Crippen LogP contribution is 2.33. The molecule has 0 saturated carbocycles. The average Bonchev–Trinajstić information content (AvgIpc) is 3.04. The van der Waals surface area contributed by atoms with Crippen LogP contribution >= 0.6 is 22.9 Å². The van der Waals surface area contributed by atoms with Gasteiger partial charge in [0, 0.05) is 20.7 Å². The fourth-order valence-electron chi connectivity index (χ4n) is 2.53. The molecule has 0 saturated heterocycles. The quantitative estimate of drug-likeness (QED) is 0.506. The number of nitrogens with zero attached hydrogens (tertiary/aromatic N) is 1. The summed E-state index contributed by atoms with van der Waals surface area (Å²) in [5, 5.41) is 25.6. The molecule has 1 aromatic heterocycles. The van der Waals surface area contributed by atoms with Crippen LogP contribution in [0.15, 0.2) is 48.5 Å². The minimum atomic E-state index is -1.31. The molecule has 2 aromatic carbocycles. The lowest BCUT2D eigenvalue weighted by atomic mass is 10.0. The lowest BCUT2D eigenvalue weighted by Crippen LogP contribution is -2.38. The lowest BCUT2D eigenvalue weighted by Gasteiger charge is -2.22. The van der Waals surface area contributed by atoms with E-state index in [-0.39, 0.29) is 22.8 Å². The highest BCUT2D eigenvalue weighted by molar-refractivity contribution is 7.19. The molecular weight excluding hydrogens is 376 g/mol. The number of hydrogen-bond donors (Lipinski definition) is 2. The first-order chi connectivity index (χ1) is 12.3. The molecule has 0 aliphatic heterocycles. The molecule has 6 nitrogen and oxygen atoms in total. The first-order valence-electron chi connectivity index (χ1n) is 7.71. The first-order valence-corrected chi connectivity index (χ1v) is 8.91. The zero-order chi connectivity index (χ0) is 18.9. The summed E-state index contributed by atoms with van der Waals surface area (Å²) >= 11 is 7.28. The molecule has 0 aliphatic carbocycles. The Labute approximate surface area is 158 Å². The zero-order valence-electron chi connectivity index (χ0n) is 13.7. The Morgan fingerprint density at radius 1 is 1.31 bits per heavy atom. The zero-order valence-corrected chi connectivity index (χ0v) is 15.3. The molecular formula is C18H15ClN2O4S. The van der Waals surface area contributed by atoms with Gasteiger partial charge in [0.25, 0.3) is 11.6 Å². The van der Waals surface area contributed by atoms with Gasteiger partial charge < -0.3 is 10.4 Å². The summed E-state index contributed by atoms with van der Waals surface area (Å²) in [6.07, 6.45) is 0. The highest BCUT2D eigenvalue weighted by Gasteiger charge is 2.28. The van der Waals surface area contributed by atoms with E-state index < -0.39 is 16.4 Å². The fourth-order valence-corrected chi connectivity index (χ4v) is 3.81. The molecule has 0 radical (unpaired) electrons. The number of rotatable bonds is 5. The van der Waals surface area contributed by atoms with Crippen molar-refractivity contribution in [1.82, 2.24) is 5.32 Å². The van der Waals surface area contributed by atoms with Crippen LogP contribution in [-0.2, 0) is 5.60 Å². The van der Waals surface area contributed by atoms with E-state index in [0.717, 1.165) is 10.1 Å². The van der Waals surface area contributed by atoms with Gasteiger partial charge in [0.1, 0.15) is 11.2 Å². The molecule has 0 fully saturated rings. The summed E-state index contributed by atoms with van der Waals surface area (Å²) in [4.78, 5) is 23.5. The Bertz CT molecular complexity index is 967. The van der Waals surface area contributed by atoms with E-state index in [4.69, 9.17) is 11.6 Å². The van der Waals surface area contributed by atoms with E-state index in [1.807, 2.05) is 30.3 Å². The van der Waals surface area contributed by atoms with Crippen molar-refractivity contribution < 1.29 is 14.8 Å². The van der Waals surface area contributed by atoms with Crippen LogP contribution < -0.4 is 5.32 Å². The number of nitro benzene ring substituents is 1. The third-order valence-electron chi connectivity index (χ3n) is 3.95. The molecule has 1 heterocycles. The van der Waals surface area contributed by atoms with E-state index in [0.29, 0.717) is 4.88 Å². The average molecular weight is 391 g/mol.